The first-order chi connectivity index (χ1) is 4.16. The van der Waals surface area contributed by atoms with Gasteiger partial charge in [0.1, 0.15) is 0 Å². The number of rotatable bonds is 2. The first-order valence-corrected chi connectivity index (χ1v) is 2.79. The van der Waals surface area contributed by atoms with Gasteiger partial charge in [-0.05, 0) is 13.8 Å². The Labute approximate surface area is 56.0 Å². The highest BCUT2D eigenvalue weighted by molar-refractivity contribution is 5.86. The van der Waals surface area contributed by atoms with E-state index in [4.69, 9.17) is 0 Å². The average molecular weight is 124 g/mol. The lowest BCUT2D eigenvalue weighted by molar-refractivity contribution is 1.40. The molecule has 0 aromatic carbocycles. The largest absolute Gasteiger partial charge is 0.294 e. The maximum absolute atomic E-state index is 4.04. The van der Waals surface area contributed by atoms with E-state index in [-0.39, 0.29) is 0 Å². The zero-order valence-electron chi connectivity index (χ0n) is 6.18. The zero-order chi connectivity index (χ0) is 7.28. The normalized spacial score (nSPS) is 9.67. The van der Waals surface area contributed by atoms with E-state index in [1.54, 1.807) is 13.3 Å². The molecule has 0 amide bonds. The van der Waals surface area contributed by atoms with Gasteiger partial charge in [0.05, 0.1) is 5.70 Å². The van der Waals surface area contributed by atoms with Gasteiger partial charge in [0.15, 0.2) is 0 Å². The molecule has 0 heterocycles. The molecular formula is C7H12N2. The Hall–Kier alpha value is -0.920. The Kier molecular flexibility index (Phi) is 3.60. The minimum Gasteiger partial charge on any atom is -0.294 e. The second kappa shape index (κ2) is 4.01. The molecule has 0 spiro atoms. The lowest BCUT2D eigenvalue weighted by Gasteiger charge is -1.88. The summed E-state index contributed by atoms with van der Waals surface area (Å²) in [5.74, 6) is 0. The van der Waals surface area contributed by atoms with E-state index < -0.39 is 0 Å². The van der Waals surface area contributed by atoms with Crippen LogP contribution in [0, 0.1) is 0 Å². The van der Waals surface area contributed by atoms with Gasteiger partial charge in [0.25, 0.3) is 0 Å². The fourth-order valence-electron chi connectivity index (χ4n) is 0.465. The predicted molar refractivity (Wildman–Crippen MR) is 42.3 cm³/mol. The highest BCUT2D eigenvalue weighted by Gasteiger charge is 1.80. The van der Waals surface area contributed by atoms with E-state index >= 15 is 0 Å². The highest BCUT2D eigenvalue weighted by Crippen LogP contribution is 1.87. The van der Waals surface area contributed by atoms with Crippen LogP contribution in [0.5, 0.6) is 0 Å². The molecule has 2 heteroatoms. The smallest absolute Gasteiger partial charge is 0.0735 e. The van der Waals surface area contributed by atoms with Gasteiger partial charge in [-0.1, -0.05) is 6.58 Å². The molecule has 0 saturated heterocycles. The van der Waals surface area contributed by atoms with E-state index in [1.807, 2.05) is 13.8 Å². The van der Waals surface area contributed by atoms with Crippen LogP contribution in [-0.2, 0) is 0 Å². The van der Waals surface area contributed by atoms with Crippen LogP contribution in [0.15, 0.2) is 22.3 Å². The molecule has 0 rings (SSSR count). The molecule has 0 fully saturated rings. The van der Waals surface area contributed by atoms with E-state index in [0.717, 1.165) is 5.71 Å². The summed E-state index contributed by atoms with van der Waals surface area (Å²) in [6.07, 6.45) is 1.63. The third kappa shape index (κ3) is 4.94. The summed E-state index contributed by atoms with van der Waals surface area (Å²) < 4.78 is 0. The lowest BCUT2D eigenvalue weighted by atomic mass is 10.4. The van der Waals surface area contributed by atoms with Crippen LogP contribution in [0.4, 0.5) is 0 Å². The molecule has 0 N–H and O–H groups in total. The van der Waals surface area contributed by atoms with Crippen molar-refractivity contribution in [1.82, 2.24) is 0 Å². The SMILES string of the molecule is C=C(/C=N\C)N=C(C)C. The number of nitrogens with zero attached hydrogens (tertiary/aromatic N) is 2. The monoisotopic (exact) mass is 124 g/mol. The Morgan fingerprint density at radius 2 is 2.00 bits per heavy atom. The van der Waals surface area contributed by atoms with Crippen molar-refractivity contribution in [3.8, 4) is 0 Å². The molecule has 0 unspecified atom stereocenters. The van der Waals surface area contributed by atoms with Crippen LogP contribution < -0.4 is 0 Å². The number of allylic oxidation sites excluding steroid dienone is 1. The summed E-state index contributed by atoms with van der Waals surface area (Å²) in [6.45, 7) is 7.50. The third-order valence-corrected chi connectivity index (χ3v) is 0.645. The maximum atomic E-state index is 4.04. The summed E-state index contributed by atoms with van der Waals surface area (Å²) in [4.78, 5) is 7.80. The lowest BCUT2D eigenvalue weighted by Crippen LogP contribution is -1.83. The second-order valence-electron chi connectivity index (χ2n) is 1.94. The van der Waals surface area contributed by atoms with Crippen molar-refractivity contribution in [3.05, 3.63) is 12.3 Å². The molecule has 0 aromatic rings. The zero-order valence-corrected chi connectivity index (χ0v) is 6.18. The van der Waals surface area contributed by atoms with Crippen molar-refractivity contribution in [3.63, 3.8) is 0 Å². The van der Waals surface area contributed by atoms with Gasteiger partial charge < -0.3 is 0 Å². The molecule has 0 aliphatic carbocycles. The fourth-order valence-corrected chi connectivity index (χ4v) is 0.465. The molecule has 0 aromatic heterocycles. The van der Waals surface area contributed by atoms with Gasteiger partial charge in [0, 0.05) is 19.0 Å². The van der Waals surface area contributed by atoms with Crippen LogP contribution in [-0.4, -0.2) is 19.0 Å². The molecule has 0 aliphatic heterocycles. The minimum atomic E-state index is 0.706. The van der Waals surface area contributed by atoms with Crippen LogP contribution in [0.2, 0.25) is 0 Å². The van der Waals surface area contributed by atoms with Crippen molar-refractivity contribution >= 4 is 11.9 Å². The molecule has 0 radical (unpaired) electrons. The predicted octanol–water partition coefficient (Wildman–Crippen LogP) is 1.68. The molecule has 0 atom stereocenters. The van der Waals surface area contributed by atoms with E-state index in [2.05, 4.69) is 16.6 Å². The Morgan fingerprint density at radius 3 is 2.33 bits per heavy atom. The molecule has 2 nitrogen and oxygen atoms in total. The molecule has 0 aliphatic rings. The van der Waals surface area contributed by atoms with Crippen molar-refractivity contribution in [2.75, 3.05) is 7.05 Å². The molecule has 9 heavy (non-hydrogen) atoms. The second-order valence-corrected chi connectivity index (χ2v) is 1.94. The van der Waals surface area contributed by atoms with E-state index in [9.17, 15) is 0 Å². The van der Waals surface area contributed by atoms with Gasteiger partial charge in [-0.3, -0.25) is 9.98 Å². The summed E-state index contributed by atoms with van der Waals surface area (Å²) in [6, 6.07) is 0. The summed E-state index contributed by atoms with van der Waals surface area (Å²) >= 11 is 0. The molecule has 50 valence electrons. The van der Waals surface area contributed by atoms with Gasteiger partial charge in [-0.15, -0.1) is 0 Å². The maximum Gasteiger partial charge on any atom is 0.0735 e. The van der Waals surface area contributed by atoms with Crippen molar-refractivity contribution < 1.29 is 0 Å². The van der Waals surface area contributed by atoms with Crippen LogP contribution >= 0.6 is 0 Å². The van der Waals surface area contributed by atoms with Gasteiger partial charge >= 0.3 is 0 Å². The first kappa shape index (κ1) is 8.08. The van der Waals surface area contributed by atoms with E-state index in [1.165, 1.54) is 0 Å². The molecule has 0 saturated carbocycles. The number of aliphatic imine (C=N–C) groups is 2. The van der Waals surface area contributed by atoms with Gasteiger partial charge in [0.2, 0.25) is 0 Å². The standard InChI is InChI=1S/C7H12N2/c1-6(2)9-7(3)5-8-4/h5H,3H2,1-2,4H3/b8-5-. The van der Waals surface area contributed by atoms with Crippen molar-refractivity contribution in [2.24, 2.45) is 9.98 Å². The van der Waals surface area contributed by atoms with Crippen LogP contribution in [0.3, 0.4) is 0 Å². The highest BCUT2D eigenvalue weighted by atomic mass is 14.8. The summed E-state index contributed by atoms with van der Waals surface area (Å²) in [7, 11) is 1.70. The summed E-state index contributed by atoms with van der Waals surface area (Å²) in [5.41, 5.74) is 1.71. The fraction of sp³-hybridized carbons (Fsp3) is 0.429. The Bertz CT molecular complexity index is 150. The topological polar surface area (TPSA) is 24.7 Å². The van der Waals surface area contributed by atoms with E-state index in [0.29, 0.717) is 5.70 Å². The Balaban J connectivity index is 3.93. The first-order valence-electron chi connectivity index (χ1n) is 2.79. The number of hydrogen-bond acceptors (Lipinski definition) is 2. The quantitative estimate of drug-likeness (QED) is 0.500. The minimum absolute atomic E-state index is 0.706. The average Bonchev–Trinajstić information content (AvgIpc) is 1.63. The van der Waals surface area contributed by atoms with Crippen LogP contribution in [0.25, 0.3) is 0 Å². The summed E-state index contributed by atoms with van der Waals surface area (Å²) in [5, 5.41) is 0. The van der Waals surface area contributed by atoms with Crippen LogP contribution in [0.1, 0.15) is 13.8 Å². The Morgan fingerprint density at radius 1 is 1.44 bits per heavy atom. The molecular weight excluding hydrogens is 112 g/mol. The van der Waals surface area contributed by atoms with Crippen molar-refractivity contribution in [1.29, 1.82) is 0 Å². The number of hydrogen-bond donors (Lipinski definition) is 0. The van der Waals surface area contributed by atoms with Crippen molar-refractivity contribution in [2.45, 2.75) is 13.8 Å². The van der Waals surface area contributed by atoms with Gasteiger partial charge in [-0.2, -0.15) is 0 Å². The molecule has 0 bridgehead atoms. The third-order valence-electron chi connectivity index (χ3n) is 0.645. The van der Waals surface area contributed by atoms with Gasteiger partial charge in [-0.25, -0.2) is 0 Å².